The van der Waals surface area contributed by atoms with Crippen molar-refractivity contribution in [1.29, 1.82) is 0 Å². The molecule has 1 aromatic heterocycles. The average Bonchev–Trinajstić information content (AvgIpc) is 3.30. The number of carboxylic acids is 1. The average molecular weight is 390 g/mol. The largest absolute Gasteiger partial charge is 0.490 e. The maximum absolute atomic E-state index is 11.2. The summed E-state index contributed by atoms with van der Waals surface area (Å²) in [6.45, 7) is 2.58. The number of rotatable bonds is 8. The Labute approximate surface area is 167 Å². The van der Waals surface area contributed by atoms with E-state index in [0.29, 0.717) is 19.6 Å². The standard InChI is InChI=1S/C24H22O5/c1-2-27-21(24(25)26)14-16-6-8-20(9-7-16)28-12-10-17-4-3-5-18-15-19-11-13-29-23(19)22(17)18/h3-11,13,15,21H,2,12,14H2,1H3,(H,25,26). The molecule has 5 nitrogen and oxygen atoms in total. The summed E-state index contributed by atoms with van der Waals surface area (Å²) in [6, 6.07) is 15.6. The van der Waals surface area contributed by atoms with Gasteiger partial charge in [-0.2, -0.15) is 0 Å². The van der Waals surface area contributed by atoms with Crippen LogP contribution < -0.4 is 15.2 Å². The minimum absolute atomic E-state index is 0.327. The second-order valence-corrected chi connectivity index (χ2v) is 6.81. The van der Waals surface area contributed by atoms with Crippen molar-refractivity contribution in [2.45, 2.75) is 19.4 Å². The molecule has 0 spiro atoms. The fourth-order valence-corrected chi connectivity index (χ4v) is 3.53. The number of hydrogen-bond acceptors (Lipinski definition) is 4. The summed E-state index contributed by atoms with van der Waals surface area (Å²) in [6.07, 6.45) is 5.36. The second kappa shape index (κ2) is 8.37. The molecule has 0 saturated heterocycles. The molecule has 1 atom stereocenters. The van der Waals surface area contributed by atoms with Gasteiger partial charge in [-0.25, -0.2) is 4.79 Å². The molecule has 0 radical (unpaired) electrons. The van der Waals surface area contributed by atoms with Gasteiger partial charge in [0.05, 0.1) is 6.26 Å². The fourth-order valence-electron chi connectivity index (χ4n) is 3.53. The first-order valence-electron chi connectivity index (χ1n) is 9.60. The highest BCUT2D eigenvalue weighted by atomic mass is 16.5. The van der Waals surface area contributed by atoms with Gasteiger partial charge in [-0.3, -0.25) is 0 Å². The van der Waals surface area contributed by atoms with Crippen LogP contribution in [0.2, 0.25) is 0 Å². The van der Waals surface area contributed by atoms with E-state index in [1.807, 2.05) is 42.5 Å². The van der Waals surface area contributed by atoms with Gasteiger partial charge in [-0.15, -0.1) is 0 Å². The third-order valence-corrected chi connectivity index (χ3v) is 4.90. The predicted octanol–water partition coefficient (Wildman–Crippen LogP) is 2.60. The molecule has 0 bridgehead atoms. The molecular formula is C24H22O5. The quantitative estimate of drug-likeness (QED) is 0.501. The Bertz CT molecular complexity index is 1220. The normalized spacial score (nSPS) is 13.5. The Hall–Kier alpha value is -3.31. The van der Waals surface area contributed by atoms with Crippen LogP contribution in [0.1, 0.15) is 18.1 Å². The van der Waals surface area contributed by atoms with Crippen LogP contribution in [0.3, 0.4) is 0 Å². The first kappa shape index (κ1) is 19.0. The van der Waals surface area contributed by atoms with Crippen LogP contribution in [0.5, 0.6) is 5.75 Å². The lowest BCUT2D eigenvalue weighted by molar-refractivity contribution is -0.149. The van der Waals surface area contributed by atoms with E-state index in [9.17, 15) is 9.90 Å². The molecule has 1 N–H and O–H groups in total. The summed E-state index contributed by atoms with van der Waals surface area (Å²) < 4.78 is 16.8. The topological polar surface area (TPSA) is 68.9 Å². The molecule has 1 heterocycles. The van der Waals surface area contributed by atoms with Gasteiger partial charge in [0, 0.05) is 23.5 Å². The number of fused-ring (bicyclic) bond motifs is 2. The van der Waals surface area contributed by atoms with Crippen molar-refractivity contribution in [2.24, 2.45) is 0 Å². The lowest BCUT2D eigenvalue weighted by atomic mass is 10.1. The Kier molecular flexibility index (Phi) is 5.49. The molecule has 0 fully saturated rings. The summed E-state index contributed by atoms with van der Waals surface area (Å²) in [5.74, 6) is -0.222. The van der Waals surface area contributed by atoms with Crippen molar-refractivity contribution in [1.82, 2.24) is 0 Å². The lowest BCUT2D eigenvalue weighted by Gasteiger charge is -2.12. The van der Waals surface area contributed by atoms with Gasteiger partial charge in [0.25, 0.3) is 0 Å². The smallest absolute Gasteiger partial charge is 0.333 e. The van der Waals surface area contributed by atoms with E-state index in [1.54, 1.807) is 13.2 Å². The van der Waals surface area contributed by atoms with Gasteiger partial charge in [-0.1, -0.05) is 30.3 Å². The SMILES string of the molecule is CCOC(Cc1ccc(OCC=c2cccc3c2=c2occc2=C3)cc1)C(=O)O. The zero-order chi connectivity index (χ0) is 20.2. The van der Waals surface area contributed by atoms with Crippen LogP contribution in [-0.4, -0.2) is 30.4 Å². The number of carboxylic acid groups (broad SMARTS) is 1. The molecule has 29 heavy (non-hydrogen) atoms. The van der Waals surface area contributed by atoms with Crippen molar-refractivity contribution >= 4 is 18.1 Å². The first-order valence-corrected chi connectivity index (χ1v) is 9.60. The molecule has 3 aromatic rings. The Balaban J connectivity index is 1.47. The summed E-state index contributed by atoms with van der Waals surface area (Å²) in [5.41, 5.74) is 2.95. The minimum Gasteiger partial charge on any atom is -0.490 e. The van der Waals surface area contributed by atoms with E-state index in [0.717, 1.165) is 37.9 Å². The van der Waals surface area contributed by atoms with Crippen molar-refractivity contribution < 1.29 is 23.8 Å². The number of hydrogen-bond donors (Lipinski definition) is 1. The molecule has 1 aliphatic carbocycles. The second-order valence-electron chi connectivity index (χ2n) is 6.81. The molecule has 0 saturated carbocycles. The number of aliphatic carboxylic acids is 1. The zero-order valence-electron chi connectivity index (χ0n) is 16.1. The third-order valence-electron chi connectivity index (χ3n) is 4.90. The molecule has 148 valence electrons. The van der Waals surface area contributed by atoms with E-state index in [-0.39, 0.29) is 0 Å². The summed E-state index contributed by atoms with van der Waals surface area (Å²) >= 11 is 0. The van der Waals surface area contributed by atoms with Gasteiger partial charge in [0.1, 0.15) is 17.8 Å². The van der Waals surface area contributed by atoms with Crippen molar-refractivity contribution in [3.05, 3.63) is 87.0 Å². The Morgan fingerprint density at radius 3 is 2.76 bits per heavy atom. The van der Waals surface area contributed by atoms with Crippen LogP contribution in [-0.2, 0) is 16.0 Å². The molecule has 1 unspecified atom stereocenters. The van der Waals surface area contributed by atoms with Crippen molar-refractivity contribution in [3.8, 4) is 5.75 Å². The number of benzene rings is 2. The molecule has 0 amide bonds. The molecule has 4 rings (SSSR count). The van der Waals surface area contributed by atoms with Gasteiger partial charge in [0.2, 0.25) is 0 Å². The Morgan fingerprint density at radius 1 is 1.17 bits per heavy atom. The molecule has 2 aromatic carbocycles. The van der Waals surface area contributed by atoms with E-state index >= 15 is 0 Å². The first-order chi connectivity index (χ1) is 14.2. The summed E-state index contributed by atoms with van der Waals surface area (Å²) in [5, 5.41) is 12.5. The van der Waals surface area contributed by atoms with E-state index < -0.39 is 12.1 Å². The molecule has 5 heteroatoms. The number of carbonyl (C=O) groups is 1. The molecule has 0 aliphatic heterocycles. The maximum atomic E-state index is 11.2. The van der Waals surface area contributed by atoms with E-state index in [4.69, 9.17) is 13.9 Å². The van der Waals surface area contributed by atoms with Crippen LogP contribution in [0.4, 0.5) is 0 Å². The van der Waals surface area contributed by atoms with Crippen LogP contribution in [0.25, 0.3) is 12.2 Å². The Morgan fingerprint density at radius 2 is 2.00 bits per heavy atom. The van der Waals surface area contributed by atoms with Crippen molar-refractivity contribution in [2.75, 3.05) is 13.2 Å². The van der Waals surface area contributed by atoms with Gasteiger partial charge in [0.15, 0.2) is 6.10 Å². The van der Waals surface area contributed by atoms with E-state index in [2.05, 4.69) is 18.2 Å². The highest BCUT2D eigenvalue weighted by Gasteiger charge is 2.17. The number of ether oxygens (including phenoxy) is 2. The van der Waals surface area contributed by atoms with Crippen LogP contribution in [0, 0.1) is 10.6 Å². The van der Waals surface area contributed by atoms with Gasteiger partial charge < -0.3 is 19.0 Å². The number of furan rings is 1. The highest BCUT2D eigenvalue weighted by molar-refractivity contribution is 5.72. The summed E-state index contributed by atoms with van der Waals surface area (Å²) in [7, 11) is 0. The van der Waals surface area contributed by atoms with Gasteiger partial charge in [-0.05, 0) is 53.6 Å². The van der Waals surface area contributed by atoms with Crippen LogP contribution >= 0.6 is 0 Å². The molecular weight excluding hydrogens is 368 g/mol. The monoisotopic (exact) mass is 390 g/mol. The van der Waals surface area contributed by atoms with Crippen LogP contribution in [0.15, 0.2) is 59.2 Å². The summed E-state index contributed by atoms with van der Waals surface area (Å²) in [4.78, 5) is 11.2. The van der Waals surface area contributed by atoms with Crippen molar-refractivity contribution in [3.63, 3.8) is 0 Å². The predicted molar refractivity (Wildman–Crippen MR) is 109 cm³/mol. The highest BCUT2D eigenvalue weighted by Crippen LogP contribution is 2.15. The lowest BCUT2D eigenvalue weighted by Crippen LogP contribution is -2.26. The molecule has 1 aliphatic rings. The minimum atomic E-state index is -0.950. The fraction of sp³-hybridized carbons (Fsp3) is 0.208. The van der Waals surface area contributed by atoms with Gasteiger partial charge >= 0.3 is 5.97 Å². The maximum Gasteiger partial charge on any atom is 0.333 e. The zero-order valence-corrected chi connectivity index (χ0v) is 16.1. The van der Waals surface area contributed by atoms with E-state index in [1.165, 1.54) is 0 Å². The third kappa shape index (κ3) is 4.10.